The summed E-state index contributed by atoms with van der Waals surface area (Å²) >= 11 is 1.66. The van der Waals surface area contributed by atoms with Crippen LogP contribution >= 0.6 is 23.3 Å². The molecule has 0 saturated carbocycles. The lowest BCUT2D eigenvalue weighted by molar-refractivity contribution is 0.148. The quantitative estimate of drug-likeness (QED) is 0.253. The number of nitrogens with two attached hydrogens (primary N) is 1. The van der Waals surface area contributed by atoms with Crippen molar-refractivity contribution in [2.75, 3.05) is 5.06 Å². The summed E-state index contributed by atoms with van der Waals surface area (Å²) in [5.41, 5.74) is 6.84. The van der Waals surface area contributed by atoms with E-state index in [4.69, 9.17) is 10.5 Å². The first-order chi connectivity index (χ1) is 16.8. The molecule has 0 bridgehead atoms. The van der Waals surface area contributed by atoms with Crippen LogP contribution in [0.1, 0.15) is 22.3 Å². The number of primary amides is 1. The van der Waals surface area contributed by atoms with E-state index in [1.54, 1.807) is 12.1 Å². The van der Waals surface area contributed by atoms with Gasteiger partial charge in [-0.2, -0.15) is 9.46 Å². The summed E-state index contributed by atoms with van der Waals surface area (Å²) in [6.07, 6.45) is -0.364. The molecule has 2 aromatic carbocycles. The molecular weight excluding hydrogens is 492 g/mol. The van der Waals surface area contributed by atoms with Gasteiger partial charge in [-0.05, 0) is 29.7 Å². The molecule has 1 aliphatic rings. The van der Waals surface area contributed by atoms with E-state index < -0.39 is 11.7 Å². The molecule has 6 N–H and O–H groups in total. The third-order valence-corrected chi connectivity index (χ3v) is 7.45. The van der Waals surface area contributed by atoms with Crippen LogP contribution in [0, 0.1) is 0 Å². The van der Waals surface area contributed by atoms with Gasteiger partial charge < -0.3 is 25.7 Å². The maximum atomic E-state index is 13.0. The maximum absolute atomic E-state index is 13.0. The molecule has 0 atom stereocenters. The zero-order valence-corrected chi connectivity index (χ0v) is 19.5. The fourth-order valence-electron chi connectivity index (χ4n) is 3.78. The summed E-state index contributed by atoms with van der Waals surface area (Å²) in [4.78, 5) is 27.0. The number of amidine groups is 1. The van der Waals surface area contributed by atoms with Gasteiger partial charge in [0.1, 0.15) is 22.9 Å². The number of hydrogen-bond donors (Lipinski definition) is 5. The van der Waals surface area contributed by atoms with E-state index >= 15 is 0 Å². The lowest BCUT2D eigenvalue weighted by Gasteiger charge is -2.22. The van der Waals surface area contributed by atoms with Crippen molar-refractivity contribution in [2.45, 2.75) is 17.9 Å². The Morgan fingerprint density at radius 3 is 2.66 bits per heavy atom. The number of fused-ring (bicyclic) bond motifs is 2. The summed E-state index contributed by atoms with van der Waals surface area (Å²) in [6.45, 7) is -0.314. The molecule has 178 valence electrons. The zero-order chi connectivity index (χ0) is 24.7. The highest BCUT2D eigenvalue weighted by molar-refractivity contribution is 7.98. The number of thiophene rings is 1. The molecule has 3 heterocycles. The Bertz CT molecular complexity index is 1550. The largest absolute Gasteiger partial charge is 0.506 e. The Morgan fingerprint density at radius 1 is 1.14 bits per heavy atom. The molecule has 0 unspecified atom stereocenters. The van der Waals surface area contributed by atoms with Crippen molar-refractivity contribution in [3.8, 4) is 10.8 Å². The van der Waals surface area contributed by atoms with Crippen molar-refractivity contribution in [3.63, 3.8) is 0 Å². The molecule has 0 fully saturated rings. The average molecular weight is 511 g/mol. The topological polar surface area (TPSA) is 161 Å². The molecule has 10 nitrogen and oxygen atoms in total. The molecule has 0 spiro atoms. The monoisotopic (exact) mass is 510 g/mol. The maximum Gasteiger partial charge on any atom is 0.404 e. The van der Waals surface area contributed by atoms with Gasteiger partial charge in [-0.3, -0.25) is 10.0 Å². The van der Waals surface area contributed by atoms with Gasteiger partial charge in [-0.1, -0.05) is 47.7 Å². The number of nitrogens with one attached hydrogen (secondary N) is 1. The molecular formula is C23H18N4O6S2. The number of pyridine rings is 1. The van der Waals surface area contributed by atoms with Crippen LogP contribution in [0.4, 0.5) is 9.80 Å². The number of anilines is 1. The number of aromatic amines is 1. The standard InChI is InChI=1S/C23H18N4O6S2/c24-23(31)33-10-14-18-21(34-22(14)30)27(32)19(26-35-18)16-17(28)13-7-6-12(9-15(13)25-20(16)29)8-11-4-2-1-3-5-11/h1-7,9,30,32H,8,10H2,(H2,24,31)(H2,25,28,29). The van der Waals surface area contributed by atoms with E-state index in [1.165, 1.54) is 0 Å². The van der Waals surface area contributed by atoms with E-state index in [2.05, 4.69) is 9.38 Å². The minimum absolute atomic E-state index is 0.151. The molecule has 0 radical (unpaired) electrons. The highest BCUT2D eigenvalue weighted by Crippen LogP contribution is 2.49. The minimum Gasteiger partial charge on any atom is -0.506 e. The highest BCUT2D eigenvalue weighted by atomic mass is 32.2. The number of aromatic nitrogens is 1. The lowest BCUT2D eigenvalue weighted by atomic mass is 10.0. The van der Waals surface area contributed by atoms with Gasteiger partial charge in [-0.15, -0.1) is 0 Å². The third-order valence-electron chi connectivity index (χ3n) is 5.42. The molecule has 1 amide bonds. The number of nitrogens with zero attached hydrogens (tertiary/aromatic N) is 2. The number of hydroxylamine groups is 1. The van der Waals surface area contributed by atoms with Crippen molar-refractivity contribution >= 4 is 51.1 Å². The Labute approximate surface area is 206 Å². The smallest absolute Gasteiger partial charge is 0.404 e. The molecule has 2 aromatic heterocycles. The van der Waals surface area contributed by atoms with Crippen LogP contribution in [-0.2, 0) is 17.8 Å². The van der Waals surface area contributed by atoms with Crippen molar-refractivity contribution < 1.29 is 25.0 Å². The average Bonchev–Trinajstić information content (AvgIpc) is 3.15. The van der Waals surface area contributed by atoms with Gasteiger partial charge in [-0.25, -0.2) is 4.79 Å². The van der Waals surface area contributed by atoms with Crippen LogP contribution in [-0.4, -0.2) is 32.3 Å². The third kappa shape index (κ3) is 4.18. The summed E-state index contributed by atoms with van der Waals surface area (Å²) in [6, 6.07) is 15.2. The minimum atomic E-state index is -1.02. The molecule has 0 aliphatic carbocycles. The van der Waals surface area contributed by atoms with Gasteiger partial charge in [0.05, 0.1) is 16.0 Å². The number of hydrogen-bond acceptors (Lipinski definition) is 10. The first kappa shape index (κ1) is 22.8. The van der Waals surface area contributed by atoms with E-state index in [0.717, 1.165) is 34.4 Å². The Balaban J connectivity index is 1.50. The van der Waals surface area contributed by atoms with Crippen LogP contribution in [0.5, 0.6) is 10.8 Å². The molecule has 35 heavy (non-hydrogen) atoms. The Hall–Kier alpha value is -4.00. The number of benzene rings is 2. The number of amides is 1. The number of rotatable bonds is 5. The first-order valence-electron chi connectivity index (χ1n) is 10.3. The normalized spacial score (nSPS) is 12.9. The zero-order valence-electron chi connectivity index (χ0n) is 17.9. The van der Waals surface area contributed by atoms with Crippen LogP contribution in [0.3, 0.4) is 0 Å². The fraction of sp³-hybridized carbons (Fsp3) is 0.0870. The number of aromatic hydroxyl groups is 2. The summed E-state index contributed by atoms with van der Waals surface area (Å²) in [7, 11) is 0. The second-order valence-electron chi connectivity index (χ2n) is 7.67. The fourth-order valence-corrected chi connectivity index (χ4v) is 5.72. The highest BCUT2D eigenvalue weighted by Gasteiger charge is 2.33. The lowest BCUT2D eigenvalue weighted by Crippen LogP contribution is -2.34. The van der Waals surface area contributed by atoms with Gasteiger partial charge in [0, 0.05) is 17.3 Å². The summed E-state index contributed by atoms with van der Waals surface area (Å²) in [5, 5.41) is 33.0. The van der Waals surface area contributed by atoms with E-state index in [9.17, 15) is 25.0 Å². The molecule has 4 aromatic rings. The summed E-state index contributed by atoms with van der Waals surface area (Å²) < 4.78 is 8.92. The van der Waals surface area contributed by atoms with Crippen LogP contribution < -0.4 is 16.4 Å². The van der Waals surface area contributed by atoms with Crippen LogP contribution in [0.25, 0.3) is 10.9 Å². The molecule has 5 rings (SSSR count). The van der Waals surface area contributed by atoms with Gasteiger partial charge in [0.15, 0.2) is 10.9 Å². The Kier molecular flexibility index (Phi) is 5.84. The number of carbonyl (C=O) groups excluding carboxylic acids is 1. The molecule has 1 aliphatic heterocycles. The second kappa shape index (κ2) is 8.98. The van der Waals surface area contributed by atoms with E-state index in [-0.39, 0.29) is 39.4 Å². The Morgan fingerprint density at radius 2 is 1.91 bits per heavy atom. The second-order valence-corrected chi connectivity index (χ2v) is 9.42. The predicted molar refractivity (Wildman–Crippen MR) is 132 cm³/mol. The number of ether oxygens (including phenoxy) is 1. The molecule has 0 saturated heterocycles. The van der Waals surface area contributed by atoms with E-state index in [1.807, 2.05) is 36.4 Å². The van der Waals surface area contributed by atoms with Crippen molar-refractivity contribution in [1.82, 2.24) is 4.98 Å². The van der Waals surface area contributed by atoms with Crippen molar-refractivity contribution in [1.29, 1.82) is 0 Å². The van der Waals surface area contributed by atoms with Gasteiger partial charge >= 0.3 is 6.09 Å². The van der Waals surface area contributed by atoms with E-state index in [0.29, 0.717) is 27.3 Å². The van der Waals surface area contributed by atoms with Gasteiger partial charge in [0.25, 0.3) is 5.56 Å². The van der Waals surface area contributed by atoms with Crippen LogP contribution in [0.2, 0.25) is 0 Å². The SMILES string of the molecule is NC(=O)OCc1c(O)sc2c1SN=C(c1c(O)c3ccc(Cc4ccccc4)cc3[nH]c1=O)N2O. The molecule has 12 heteroatoms. The first-order valence-corrected chi connectivity index (χ1v) is 11.9. The van der Waals surface area contributed by atoms with Crippen LogP contribution in [0.15, 0.2) is 62.6 Å². The number of carbonyl (C=O) groups is 1. The van der Waals surface area contributed by atoms with Crippen molar-refractivity contribution in [2.24, 2.45) is 10.1 Å². The summed E-state index contributed by atoms with van der Waals surface area (Å²) in [5.74, 6) is -0.546. The van der Waals surface area contributed by atoms with Gasteiger partial charge in [0.2, 0.25) is 0 Å². The predicted octanol–water partition coefficient (Wildman–Crippen LogP) is 3.85. The number of H-pyrrole nitrogens is 1. The van der Waals surface area contributed by atoms with Crippen molar-refractivity contribution in [3.05, 3.63) is 81.1 Å².